The summed E-state index contributed by atoms with van der Waals surface area (Å²) in [5.74, 6) is 0. The highest BCUT2D eigenvalue weighted by atomic mass is 79.9. The molecular formula is C16H4Br2O4. The molecule has 6 heteroatoms. The van der Waals surface area contributed by atoms with E-state index in [1.54, 1.807) is 0 Å². The Balaban J connectivity index is 2.61. The van der Waals surface area contributed by atoms with E-state index in [4.69, 9.17) is 0 Å². The molecule has 0 atom stereocenters. The molecule has 0 saturated heterocycles. The molecule has 4 nitrogen and oxygen atoms in total. The van der Waals surface area contributed by atoms with Crippen LogP contribution in [-0.2, 0) is 0 Å². The van der Waals surface area contributed by atoms with Crippen molar-refractivity contribution < 1.29 is 0 Å². The van der Waals surface area contributed by atoms with Crippen LogP contribution in [0.5, 0.6) is 0 Å². The van der Waals surface area contributed by atoms with E-state index >= 15 is 0 Å². The normalized spacial score (nSPS) is 11.9. The molecule has 106 valence electrons. The first-order valence-corrected chi connectivity index (χ1v) is 7.84. The van der Waals surface area contributed by atoms with E-state index in [2.05, 4.69) is 31.9 Å². The van der Waals surface area contributed by atoms with E-state index in [0.717, 1.165) is 0 Å². The second-order valence-corrected chi connectivity index (χ2v) is 6.90. The van der Waals surface area contributed by atoms with Gasteiger partial charge in [0.15, 0.2) is 0 Å². The van der Waals surface area contributed by atoms with Gasteiger partial charge >= 0.3 is 0 Å². The molecule has 0 aromatic heterocycles. The Bertz CT molecular complexity index is 1070. The maximum Gasteiger partial charge on any atom is 0.234 e. The zero-order valence-electron chi connectivity index (χ0n) is 10.7. The van der Waals surface area contributed by atoms with Crippen LogP contribution in [0, 0.1) is 0 Å². The molecule has 4 rings (SSSR count). The van der Waals surface area contributed by atoms with Crippen LogP contribution in [0.15, 0.2) is 52.4 Å². The molecule has 0 bridgehead atoms. The van der Waals surface area contributed by atoms with Crippen LogP contribution in [0.1, 0.15) is 0 Å². The lowest BCUT2D eigenvalue weighted by molar-refractivity contribution is 1.49. The van der Waals surface area contributed by atoms with Gasteiger partial charge in [0.05, 0.1) is 0 Å². The zero-order chi connectivity index (χ0) is 15.8. The summed E-state index contributed by atoms with van der Waals surface area (Å²) >= 11 is 6.43. The van der Waals surface area contributed by atoms with Gasteiger partial charge in [0, 0.05) is 41.6 Å². The minimum Gasteiger partial charge on any atom is -0.285 e. The molecule has 0 fully saturated rings. The van der Waals surface area contributed by atoms with Gasteiger partial charge in [-0.1, -0.05) is 31.9 Å². The molecule has 0 spiro atoms. The van der Waals surface area contributed by atoms with Crippen molar-refractivity contribution in [2.75, 3.05) is 0 Å². The summed E-state index contributed by atoms with van der Waals surface area (Å²) in [6, 6.07) is 6.04. The monoisotopic (exact) mass is 418 g/mol. The molecule has 0 unspecified atom stereocenters. The van der Waals surface area contributed by atoms with E-state index in [1.807, 2.05) is 0 Å². The average molecular weight is 420 g/mol. The molecule has 0 heterocycles. The highest BCUT2D eigenvalue weighted by Crippen LogP contribution is 2.37. The molecule has 2 aromatic carbocycles. The van der Waals surface area contributed by atoms with Crippen LogP contribution in [0.4, 0.5) is 0 Å². The summed E-state index contributed by atoms with van der Waals surface area (Å²) in [7, 11) is 0. The van der Waals surface area contributed by atoms with Gasteiger partial charge in [0.1, 0.15) is 0 Å². The molecule has 0 N–H and O–H groups in total. The topological polar surface area (TPSA) is 68.3 Å². The Kier molecular flexibility index (Phi) is 2.68. The van der Waals surface area contributed by atoms with Gasteiger partial charge in [-0.2, -0.15) is 0 Å². The minimum absolute atomic E-state index is 0.159. The third-order valence-electron chi connectivity index (χ3n) is 3.85. The average Bonchev–Trinajstić information content (AvgIpc) is 2.48. The van der Waals surface area contributed by atoms with Crippen molar-refractivity contribution in [2.45, 2.75) is 0 Å². The van der Waals surface area contributed by atoms with Gasteiger partial charge in [0.25, 0.3) is 0 Å². The second kappa shape index (κ2) is 4.30. The summed E-state index contributed by atoms with van der Waals surface area (Å²) in [5, 5.41) is 0.634. The SMILES string of the molecule is O=c1c(=O)c2cc(Br)cc3c2-c2c1cc(Br)cc2c(=O)c3=O. The highest BCUT2D eigenvalue weighted by Gasteiger charge is 2.25. The standard InChI is InChI=1S/C16H4Br2O4/c17-5-1-7-11-8(2-5)15(21)16(22)10-4-6(18)3-9(12(10)11)14(20)13(7)19/h1-4H. The lowest BCUT2D eigenvalue weighted by Gasteiger charge is -2.14. The third kappa shape index (κ3) is 1.56. The summed E-state index contributed by atoms with van der Waals surface area (Å²) in [5.41, 5.74) is -1.91. The Morgan fingerprint density at radius 1 is 0.500 bits per heavy atom. The van der Waals surface area contributed by atoms with Gasteiger partial charge in [-0.15, -0.1) is 0 Å². The van der Waals surface area contributed by atoms with Crippen LogP contribution in [0.3, 0.4) is 0 Å². The lowest BCUT2D eigenvalue weighted by Crippen LogP contribution is -2.31. The fourth-order valence-corrected chi connectivity index (χ4v) is 3.87. The first kappa shape index (κ1) is 13.7. The van der Waals surface area contributed by atoms with Crippen molar-refractivity contribution in [3.63, 3.8) is 0 Å². The summed E-state index contributed by atoms with van der Waals surface area (Å²) in [6.45, 7) is 0. The molecule has 0 aliphatic heterocycles. The Labute approximate surface area is 138 Å². The number of hydrogen-bond donors (Lipinski definition) is 0. The van der Waals surface area contributed by atoms with Crippen LogP contribution in [0.25, 0.3) is 32.7 Å². The number of rotatable bonds is 0. The van der Waals surface area contributed by atoms with Crippen molar-refractivity contribution in [2.24, 2.45) is 0 Å². The van der Waals surface area contributed by atoms with Crippen molar-refractivity contribution in [1.29, 1.82) is 0 Å². The molecule has 2 aliphatic rings. The van der Waals surface area contributed by atoms with Crippen LogP contribution < -0.4 is 21.7 Å². The van der Waals surface area contributed by atoms with E-state index < -0.39 is 21.7 Å². The van der Waals surface area contributed by atoms with Gasteiger partial charge in [-0.25, -0.2) is 0 Å². The molecule has 0 saturated carbocycles. The zero-order valence-corrected chi connectivity index (χ0v) is 13.9. The van der Waals surface area contributed by atoms with Crippen LogP contribution in [-0.4, -0.2) is 0 Å². The molecule has 2 aromatic rings. The first-order chi connectivity index (χ1) is 10.4. The molecule has 0 radical (unpaired) electrons. The summed E-state index contributed by atoms with van der Waals surface area (Å²) in [6.07, 6.45) is 0. The Hall–Kier alpha value is -1.92. The largest absolute Gasteiger partial charge is 0.285 e. The maximum absolute atomic E-state index is 12.3. The molecule has 2 aliphatic carbocycles. The van der Waals surface area contributed by atoms with Crippen LogP contribution in [0.2, 0.25) is 0 Å². The summed E-state index contributed by atoms with van der Waals surface area (Å²) in [4.78, 5) is 49.3. The van der Waals surface area contributed by atoms with E-state index in [9.17, 15) is 19.2 Å². The second-order valence-electron chi connectivity index (χ2n) is 5.07. The van der Waals surface area contributed by atoms with Crippen molar-refractivity contribution >= 4 is 53.4 Å². The van der Waals surface area contributed by atoms with Crippen LogP contribution >= 0.6 is 31.9 Å². The Morgan fingerprint density at radius 3 is 0.955 bits per heavy atom. The van der Waals surface area contributed by atoms with Gasteiger partial charge in [-0.3, -0.25) is 19.2 Å². The number of hydrogen-bond acceptors (Lipinski definition) is 4. The number of halogens is 2. The van der Waals surface area contributed by atoms with Crippen molar-refractivity contribution in [3.05, 3.63) is 74.1 Å². The predicted molar refractivity (Wildman–Crippen MR) is 92.1 cm³/mol. The van der Waals surface area contributed by atoms with Gasteiger partial charge in [0.2, 0.25) is 21.7 Å². The maximum atomic E-state index is 12.3. The Morgan fingerprint density at radius 2 is 0.727 bits per heavy atom. The first-order valence-electron chi connectivity index (χ1n) is 6.25. The fraction of sp³-hybridized carbons (Fsp3) is 0. The molecule has 0 amide bonds. The lowest BCUT2D eigenvalue weighted by atomic mass is 9.87. The highest BCUT2D eigenvalue weighted by molar-refractivity contribution is 9.10. The van der Waals surface area contributed by atoms with Gasteiger partial charge in [-0.05, 0) is 24.3 Å². The predicted octanol–water partition coefficient (Wildman–Crippen LogP) is 2.38. The van der Waals surface area contributed by atoms with Gasteiger partial charge < -0.3 is 0 Å². The van der Waals surface area contributed by atoms with E-state index in [0.29, 0.717) is 20.1 Å². The number of benzene rings is 4. The third-order valence-corrected chi connectivity index (χ3v) is 4.76. The quantitative estimate of drug-likeness (QED) is 0.324. The fourth-order valence-electron chi connectivity index (χ4n) is 2.96. The summed E-state index contributed by atoms with van der Waals surface area (Å²) < 4.78 is 0.958. The molecule has 22 heavy (non-hydrogen) atoms. The van der Waals surface area contributed by atoms with Crippen molar-refractivity contribution in [3.8, 4) is 11.1 Å². The minimum atomic E-state index is -0.670. The van der Waals surface area contributed by atoms with E-state index in [1.165, 1.54) is 24.3 Å². The smallest absolute Gasteiger partial charge is 0.234 e. The van der Waals surface area contributed by atoms with Crippen molar-refractivity contribution in [1.82, 2.24) is 0 Å². The molecular weight excluding hydrogens is 416 g/mol. The van der Waals surface area contributed by atoms with E-state index in [-0.39, 0.29) is 21.5 Å².